The number of benzene rings is 1. The van der Waals surface area contributed by atoms with Crippen LogP contribution in [-0.2, 0) is 6.54 Å². The molecule has 1 aromatic carbocycles. The molecule has 3 N–H and O–H groups in total. The fraction of sp³-hybridized carbons (Fsp3) is 0.267. The van der Waals surface area contributed by atoms with E-state index in [4.69, 9.17) is 5.73 Å². The van der Waals surface area contributed by atoms with Crippen molar-refractivity contribution in [3.05, 3.63) is 63.1 Å². The fourth-order valence-electron chi connectivity index (χ4n) is 2.09. The molecule has 0 fully saturated rings. The number of carbonyl (C=O) groups is 1. The van der Waals surface area contributed by atoms with Crippen molar-refractivity contribution < 1.29 is 9.90 Å². The molecule has 1 aromatic heterocycles. The van der Waals surface area contributed by atoms with Crippen molar-refractivity contribution in [2.24, 2.45) is 5.73 Å². The first-order valence-corrected chi connectivity index (χ1v) is 6.51. The quantitative estimate of drug-likeness (QED) is 0.864. The van der Waals surface area contributed by atoms with Gasteiger partial charge in [0.25, 0.3) is 11.5 Å². The van der Waals surface area contributed by atoms with Crippen LogP contribution in [0.4, 0.5) is 0 Å². The number of amides is 1. The smallest absolute Gasteiger partial charge is 0.269 e. The molecule has 0 aliphatic rings. The van der Waals surface area contributed by atoms with E-state index in [1.807, 2.05) is 32.0 Å². The van der Waals surface area contributed by atoms with Gasteiger partial charge in [-0.2, -0.15) is 5.10 Å². The number of aromatic nitrogens is 2. The first-order chi connectivity index (χ1) is 9.88. The van der Waals surface area contributed by atoms with Crippen molar-refractivity contribution in [3.8, 4) is 0 Å². The van der Waals surface area contributed by atoms with Crippen molar-refractivity contribution >= 4 is 5.91 Å². The van der Waals surface area contributed by atoms with Gasteiger partial charge in [-0.15, -0.1) is 0 Å². The predicted octanol–water partition coefficient (Wildman–Crippen LogP) is 0.693. The number of carbonyl (C=O) groups excluding carboxylic acids is 1. The van der Waals surface area contributed by atoms with Gasteiger partial charge >= 0.3 is 0 Å². The van der Waals surface area contributed by atoms with E-state index in [0.29, 0.717) is 0 Å². The molecule has 0 saturated heterocycles. The van der Waals surface area contributed by atoms with E-state index in [0.717, 1.165) is 21.4 Å². The minimum absolute atomic E-state index is 0.0113. The van der Waals surface area contributed by atoms with Crippen LogP contribution in [0.15, 0.2) is 35.1 Å². The summed E-state index contributed by atoms with van der Waals surface area (Å²) in [5.41, 5.74) is 7.40. The zero-order valence-electron chi connectivity index (χ0n) is 11.9. The third-order valence-electron chi connectivity index (χ3n) is 3.26. The molecular formula is C15H17N3O3. The summed E-state index contributed by atoms with van der Waals surface area (Å²) in [7, 11) is 0. The number of hydrogen-bond donors (Lipinski definition) is 2. The summed E-state index contributed by atoms with van der Waals surface area (Å²) in [6, 6.07) is 8.20. The molecule has 0 radical (unpaired) electrons. The Morgan fingerprint density at radius 1 is 1.33 bits per heavy atom. The van der Waals surface area contributed by atoms with E-state index in [-0.39, 0.29) is 12.2 Å². The number of aryl methyl sites for hydroxylation is 2. The van der Waals surface area contributed by atoms with Gasteiger partial charge in [-0.05, 0) is 31.0 Å². The lowest BCUT2D eigenvalue weighted by Crippen LogP contribution is -2.28. The van der Waals surface area contributed by atoms with Gasteiger partial charge in [0.15, 0.2) is 0 Å². The summed E-state index contributed by atoms with van der Waals surface area (Å²) in [6.45, 7) is 3.77. The molecule has 0 spiro atoms. The van der Waals surface area contributed by atoms with E-state index in [1.165, 1.54) is 12.1 Å². The van der Waals surface area contributed by atoms with Gasteiger partial charge < -0.3 is 10.8 Å². The number of aliphatic hydroxyl groups is 1. The Balaban J connectivity index is 2.33. The Labute approximate surface area is 121 Å². The largest absolute Gasteiger partial charge is 0.386 e. The first kappa shape index (κ1) is 14.9. The first-order valence-electron chi connectivity index (χ1n) is 6.51. The highest BCUT2D eigenvalue weighted by Crippen LogP contribution is 2.20. The molecule has 21 heavy (non-hydrogen) atoms. The third-order valence-corrected chi connectivity index (χ3v) is 3.26. The highest BCUT2D eigenvalue weighted by molar-refractivity contribution is 5.90. The van der Waals surface area contributed by atoms with Gasteiger partial charge in [-0.1, -0.05) is 23.8 Å². The number of hydrogen-bond acceptors (Lipinski definition) is 4. The van der Waals surface area contributed by atoms with E-state index >= 15 is 0 Å². The zero-order chi connectivity index (χ0) is 15.6. The summed E-state index contributed by atoms with van der Waals surface area (Å²) in [5.74, 6) is -0.718. The molecule has 1 heterocycles. The molecule has 6 nitrogen and oxygen atoms in total. The van der Waals surface area contributed by atoms with Gasteiger partial charge in [-0.25, -0.2) is 4.68 Å². The molecule has 0 bridgehead atoms. The second kappa shape index (κ2) is 5.88. The Morgan fingerprint density at radius 3 is 2.71 bits per heavy atom. The average Bonchev–Trinajstić information content (AvgIpc) is 2.43. The maximum atomic E-state index is 11.7. The molecule has 1 unspecified atom stereocenters. The van der Waals surface area contributed by atoms with Crippen LogP contribution in [0.1, 0.15) is 33.3 Å². The maximum Gasteiger partial charge on any atom is 0.269 e. The number of nitrogens with zero attached hydrogens (tertiary/aromatic N) is 2. The van der Waals surface area contributed by atoms with Crippen LogP contribution in [0.25, 0.3) is 0 Å². The monoisotopic (exact) mass is 287 g/mol. The molecule has 6 heteroatoms. The second-order valence-electron chi connectivity index (χ2n) is 4.98. The highest BCUT2D eigenvalue weighted by Gasteiger charge is 2.14. The predicted molar refractivity (Wildman–Crippen MR) is 77.9 cm³/mol. The Hall–Kier alpha value is -2.47. The maximum absolute atomic E-state index is 11.7. The molecule has 110 valence electrons. The third kappa shape index (κ3) is 3.35. The Kier molecular flexibility index (Phi) is 4.18. The summed E-state index contributed by atoms with van der Waals surface area (Å²) < 4.78 is 1.05. The molecule has 0 aliphatic heterocycles. The van der Waals surface area contributed by atoms with Crippen molar-refractivity contribution in [2.75, 3.05) is 0 Å². The SMILES string of the molecule is Cc1ccc(C)c(C(O)Cn2nc(C(N)=O)ccc2=O)c1. The van der Waals surface area contributed by atoms with Crippen LogP contribution in [0.3, 0.4) is 0 Å². The average molecular weight is 287 g/mol. The van der Waals surface area contributed by atoms with Crippen LogP contribution in [0.2, 0.25) is 0 Å². The lowest BCUT2D eigenvalue weighted by atomic mass is 10.0. The molecule has 1 amide bonds. The summed E-state index contributed by atoms with van der Waals surface area (Å²) >= 11 is 0. The van der Waals surface area contributed by atoms with Gasteiger partial charge in [0.2, 0.25) is 0 Å². The highest BCUT2D eigenvalue weighted by atomic mass is 16.3. The van der Waals surface area contributed by atoms with Crippen LogP contribution < -0.4 is 11.3 Å². The molecule has 1 atom stereocenters. The van der Waals surface area contributed by atoms with Crippen LogP contribution >= 0.6 is 0 Å². The van der Waals surface area contributed by atoms with Gasteiger partial charge in [0.1, 0.15) is 5.69 Å². The molecule has 2 aromatic rings. The minimum atomic E-state index is -0.891. The van der Waals surface area contributed by atoms with E-state index in [1.54, 1.807) is 0 Å². The lowest BCUT2D eigenvalue weighted by molar-refractivity contribution is 0.0989. The van der Waals surface area contributed by atoms with E-state index in [9.17, 15) is 14.7 Å². The molecular weight excluding hydrogens is 270 g/mol. The van der Waals surface area contributed by atoms with E-state index < -0.39 is 17.6 Å². The Bertz CT molecular complexity index is 737. The Morgan fingerprint density at radius 2 is 2.05 bits per heavy atom. The van der Waals surface area contributed by atoms with Crippen molar-refractivity contribution in [1.82, 2.24) is 9.78 Å². The summed E-state index contributed by atoms with van der Waals surface area (Å²) in [4.78, 5) is 22.9. The van der Waals surface area contributed by atoms with Crippen molar-refractivity contribution in [1.29, 1.82) is 0 Å². The number of primary amides is 1. The lowest BCUT2D eigenvalue weighted by Gasteiger charge is -2.15. The van der Waals surface area contributed by atoms with Crippen molar-refractivity contribution in [3.63, 3.8) is 0 Å². The molecule has 0 aliphatic carbocycles. The minimum Gasteiger partial charge on any atom is -0.386 e. The molecule has 2 rings (SSSR count). The fourth-order valence-corrected chi connectivity index (χ4v) is 2.09. The van der Waals surface area contributed by atoms with Gasteiger partial charge in [0.05, 0.1) is 12.6 Å². The van der Waals surface area contributed by atoms with Gasteiger partial charge in [0, 0.05) is 6.07 Å². The number of nitrogens with two attached hydrogens (primary N) is 1. The normalized spacial score (nSPS) is 12.1. The number of rotatable bonds is 4. The number of aliphatic hydroxyl groups excluding tert-OH is 1. The van der Waals surface area contributed by atoms with E-state index in [2.05, 4.69) is 5.10 Å². The topological polar surface area (TPSA) is 98.2 Å². The van der Waals surface area contributed by atoms with Crippen LogP contribution in [0.5, 0.6) is 0 Å². The van der Waals surface area contributed by atoms with Crippen LogP contribution in [0, 0.1) is 13.8 Å². The standard InChI is InChI=1S/C15H17N3O3/c1-9-3-4-10(2)11(7-9)13(19)8-18-14(20)6-5-12(17-18)15(16)21/h3-7,13,19H,8H2,1-2H3,(H2,16,21). The molecule has 0 saturated carbocycles. The zero-order valence-corrected chi connectivity index (χ0v) is 11.9. The second-order valence-corrected chi connectivity index (χ2v) is 4.98. The van der Waals surface area contributed by atoms with Gasteiger partial charge in [-0.3, -0.25) is 9.59 Å². The van der Waals surface area contributed by atoms with Crippen LogP contribution in [-0.4, -0.2) is 20.8 Å². The van der Waals surface area contributed by atoms with Crippen molar-refractivity contribution in [2.45, 2.75) is 26.5 Å². The summed E-state index contributed by atoms with van der Waals surface area (Å²) in [6.07, 6.45) is -0.891. The summed E-state index contributed by atoms with van der Waals surface area (Å²) in [5, 5.41) is 14.2.